The molecule has 0 spiro atoms. The lowest BCUT2D eigenvalue weighted by atomic mass is 10.3. The Morgan fingerprint density at radius 1 is 1.26 bits per heavy atom. The van der Waals surface area contributed by atoms with Gasteiger partial charge in [0.2, 0.25) is 0 Å². The van der Waals surface area contributed by atoms with Crippen LogP contribution in [0.5, 0.6) is 5.75 Å². The third kappa shape index (κ3) is 2.38. The molecule has 0 unspecified atom stereocenters. The molecule has 5 nitrogen and oxygen atoms in total. The fraction of sp³-hybridized carbons (Fsp3) is 0.200. The van der Waals surface area contributed by atoms with Crippen molar-refractivity contribution in [1.82, 2.24) is 4.40 Å². The molecular weight excluding hydrogens is 287 g/mol. The third-order valence-electron chi connectivity index (χ3n) is 2.38. The molecule has 1 N–H and O–H groups in total. The van der Waals surface area contributed by atoms with Crippen LogP contribution in [-0.4, -0.2) is 23.4 Å². The van der Waals surface area contributed by atoms with Gasteiger partial charge in [-0.1, -0.05) is 0 Å². The second-order valence-electron chi connectivity index (χ2n) is 3.59. The highest BCUT2D eigenvalue weighted by Gasteiger charge is 2.48. The minimum Gasteiger partial charge on any atom is -0.390 e. The smallest absolute Gasteiger partial charge is 0.390 e. The van der Waals surface area contributed by atoms with Crippen LogP contribution in [0.4, 0.5) is 13.2 Å². The maximum atomic E-state index is 12.2. The first-order chi connectivity index (χ1) is 8.76. The molecule has 9 heteroatoms. The summed E-state index contributed by atoms with van der Waals surface area (Å²) in [6, 6.07) is 5.19. The van der Waals surface area contributed by atoms with Crippen molar-refractivity contribution in [3.8, 4) is 5.75 Å². The highest BCUT2D eigenvalue weighted by molar-refractivity contribution is 7.88. The number of pyridine rings is 1. The van der Waals surface area contributed by atoms with Crippen LogP contribution in [0, 0.1) is 0 Å². The number of aliphatic hydroxyl groups excluding tert-OH is 1. The average molecular weight is 295 g/mol. The summed E-state index contributed by atoms with van der Waals surface area (Å²) in [5, 5.41) is 9.05. The first-order valence-electron chi connectivity index (χ1n) is 4.97. The number of aliphatic hydroxyl groups is 1. The van der Waals surface area contributed by atoms with E-state index < -0.39 is 21.4 Å². The molecule has 0 saturated carbocycles. The highest BCUT2D eigenvalue weighted by atomic mass is 32.2. The van der Waals surface area contributed by atoms with E-state index in [-0.39, 0.29) is 12.1 Å². The molecule has 0 aliphatic carbocycles. The Bertz CT molecular complexity index is 705. The van der Waals surface area contributed by atoms with Crippen LogP contribution in [0.3, 0.4) is 0 Å². The number of nitrogens with zero attached hydrogens (tertiary/aromatic N) is 1. The lowest BCUT2D eigenvalue weighted by Gasteiger charge is -2.12. The van der Waals surface area contributed by atoms with Gasteiger partial charge in [0.25, 0.3) is 0 Å². The summed E-state index contributed by atoms with van der Waals surface area (Å²) in [5.74, 6) is -0.459. The van der Waals surface area contributed by atoms with Gasteiger partial charge in [-0.15, -0.1) is 0 Å². The van der Waals surface area contributed by atoms with Gasteiger partial charge in [0.1, 0.15) is 0 Å². The number of rotatable bonds is 3. The topological polar surface area (TPSA) is 68.0 Å². The van der Waals surface area contributed by atoms with Gasteiger partial charge in [0, 0.05) is 11.9 Å². The van der Waals surface area contributed by atoms with E-state index in [1.54, 1.807) is 0 Å². The van der Waals surface area contributed by atoms with E-state index in [4.69, 9.17) is 5.11 Å². The SMILES string of the molecule is O=S(=O)(Oc1ccc(CO)n2cccc12)C(F)(F)F. The van der Waals surface area contributed by atoms with Gasteiger partial charge in [-0.05, 0) is 24.3 Å². The molecule has 2 rings (SSSR count). The third-order valence-corrected chi connectivity index (χ3v) is 3.35. The van der Waals surface area contributed by atoms with Crippen LogP contribution in [0.25, 0.3) is 5.52 Å². The van der Waals surface area contributed by atoms with E-state index in [9.17, 15) is 21.6 Å². The van der Waals surface area contributed by atoms with Gasteiger partial charge < -0.3 is 13.7 Å². The molecule has 2 aromatic heterocycles. The number of hydrogen-bond donors (Lipinski definition) is 1. The lowest BCUT2D eigenvalue weighted by molar-refractivity contribution is -0.0499. The van der Waals surface area contributed by atoms with E-state index in [1.807, 2.05) is 0 Å². The molecule has 0 aliphatic heterocycles. The Morgan fingerprint density at radius 3 is 2.53 bits per heavy atom. The van der Waals surface area contributed by atoms with Crippen molar-refractivity contribution in [2.24, 2.45) is 0 Å². The van der Waals surface area contributed by atoms with Crippen molar-refractivity contribution in [2.45, 2.75) is 12.1 Å². The Labute approximate surface area is 106 Å². The monoisotopic (exact) mass is 295 g/mol. The summed E-state index contributed by atoms with van der Waals surface area (Å²) >= 11 is 0. The van der Waals surface area contributed by atoms with Crippen LogP contribution in [-0.2, 0) is 16.7 Å². The molecule has 0 atom stereocenters. The first-order valence-corrected chi connectivity index (χ1v) is 6.37. The van der Waals surface area contributed by atoms with Gasteiger partial charge >= 0.3 is 15.6 Å². The summed E-state index contributed by atoms with van der Waals surface area (Å²) in [6.45, 7) is -0.350. The quantitative estimate of drug-likeness (QED) is 0.690. The van der Waals surface area contributed by atoms with Crippen molar-refractivity contribution in [2.75, 3.05) is 0 Å². The molecule has 19 heavy (non-hydrogen) atoms. The Hall–Kier alpha value is -1.74. The van der Waals surface area contributed by atoms with E-state index in [0.29, 0.717) is 5.69 Å². The predicted molar refractivity (Wildman–Crippen MR) is 58.9 cm³/mol. The van der Waals surface area contributed by atoms with Crippen molar-refractivity contribution in [1.29, 1.82) is 0 Å². The van der Waals surface area contributed by atoms with Gasteiger partial charge in [-0.3, -0.25) is 0 Å². The second-order valence-corrected chi connectivity index (χ2v) is 5.13. The van der Waals surface area contributed by atoms with Gasteiger partial charge in [-0.25, -0.2) is 0 Å². The van der Waals surface area contributed by atoms with Crippen molar-refractivity contribution < 1.29 is 30.9 Å². The summed E-state index contributed by atoms with van der Waals surface area (Å²) in [5.41, 5.74) is -5.00. The highest BCUT2D eigenvalue weighted by Crippen LogP contribution is 2.30. The molecule has 0 bridgehead atoms. The Morgan fingerprint density at radius 2 is 1.95 bits per heavy atom. The minimum absolute atomic E-state index is 0.111. The Balaban J connectivity index is 2.51. The van der Waals surface area contributed by atoms with Crippen LogP contribution < -0.4 is 4.18 Å². The molecule has 0 fully saturated rings. The van der Waals surface area contributed by atoms with Crippen molar-refractivity contribution in [3.05, 3.63) is 36.2 Å². The van der Waals surface area contributed by atoms with Crippen molar-refractivity contribution in [3.63, 3.8) is 0 Å². The Kier molecular flexibility index (Phi) is 3.19. The van der Waals surface area contributed by atoms with Gasteiger partial charge in [0.05, 0.1) is 12.1 Å². The molecular formula is C10H8F3NO4S. The zero-order chi connectivity index (χ0) is 14.3. The minimum atomic E-state index is -5.72. The van der Waals surface area contributed by atoms with Crippen LogP contribution in [0.1, 0.15) is 5.69 Å². The van der Waals surface area contributed by atoms with Crippen LogP contribution >= 0.6 is 0 Å². The molecule has 0 amide bonds. The molecule has 0 radical (unpaired) electrons. The van der Waals surface area contributed by atoms with Crippen molar-refractivity contribution >= 4 is 15.6 Å². The van der Waals surface area contributed by atoms with E-state index in [2.05, 4.69) is 4.18 Å². The standard InChI is InChI=1S/C10H8F3NO4S/c11-10(12,13)19(16,17)18-9-4-3-7(6-15)14-5-1-2-8(9)14/h1-5,15H,6H2. The average Bonchev–Trinajstić information content (AvgIpc) is 2.77. The maximum Gasteiger partial charge on any atom is 0.534 e. The fourth-order valence-corrected chi connectivity index (χ4v) is 2.01. The number of fused-ring (bicyclic) bond motifs is 1. The number of halogens is 3. The largest absolute Gasteiger partial charge is 0.534 e. The van der Waals surface area contributed by atoms with Gasteiger partial charge in [-0.2, -0.15) is 21.6 Å². The number of alkyl halides is 3. The number of hydrogen-bond acceptors (Lipinski definition) is 4. The maximum absolute atomic E-state index is 12.2. The zero-order valence-electron chi connectivity index (χ0n) is 9.26. The zero-order valence-corrected chi connectivity index (χ0v) is 10.1. The van der Waals surface area contributed by atoms with Gasteiger partial charge in [0.15, 0.2) is 5.75 Å². The van der Waals surface area contributed by atoms with Crippen LogP contribution in [0.2, 0.25) is 0 Å². The van der Waals surface area contributed by atoms with Crippen LogP contribution in [0.15, 0.2) is 30.5 Å². The summed E-state index contributed by atoms with van der Waals surface area (Å²) in [4.78, 5) is 0. The van der Waals surface area contributed by atoms with E-state index >= 15 is 0 Å². The lowest BCUT2D eigenvalue weighted by Crippen LogP contribution is -2.28. The molecule has 0 aromatic carbocycles. The normalized spacial score (nSPS) is 12.8. The summed E-state index contributed by atoms with van der Waals surface area (Å²) in [7, 11) is -5.72. The molecule has 2 aromatic rings. The number of aromatic nitrogens is 1. The summed E-state index contributed by atoms with van der Waals surface area (Å²) < 4.78 is 64.0. The summed E-state index contributed by atoms with van der Waals surface area (Å²) in [6.07, 6.45) is 1.47. The first kappa shape index (κ1) is 13.7. The molecule has 104 valence electrons. The van der Waals surface area contributed by atoms with E-state index in [1.165, 1.54) is 28.8 Å². The van der Waals surface area contributed by atoms with E-state index in [0.717, 1.165) is 6.07 Å². The predicted octanol–water partition coefficient (Wildman–Crippen LogP) is 1.66. The second kappa shape index (κ2) is 4.42. The fourth-order valence-electron chi connectivity index (χ4n) is 1.53. The molecule has 0 saturated heterocycles. The molecule has 2 heterocycles. The molecule has 0 aliphatic rings.